The summed E-state index contributed by atoms with van der Waals surface area (Å²) in [7, 11) is 0. The van der Waals surface area contributed by atoms with Crippen LogP contribution < -0.4 is 10.1 Å². The predicted molar refractivity (Wildman–Crippen MR) is 135 cm³/mol. The molecule has 2 aliphatic heterocycles. The molecule has 0 aliphatic carbocycles. The Kier molecular flexibility index (Phi) is 8.57. The molecule has 2 aromatic heterocycles. The number of piperidine rings is 1. The van der Waals surface area contributed by atoms with Gasteiger partial charge in [0.25, 0.3) is 0 Å². The number of nitrogens with one attached hydrogen (secondary N) is 1. The summed E-state index contributed by atoms with van der Waals surface area (Å²) in [6, 6.07) is 7.68. The van der Waals surface area contributed by atoms with Crippen molar-refractivity contribution in [3.8, 4) is 23.1 Å². The van der Waals surface area contributed by atoms with Crippen molar-refractivity contribution in [2.75, 3.05) is 26.3 Å². The summed E-state index contributed by atoms with van der Waals surface area (Å²) in [5.74, 6) is 0.167. The highest BCUT2D eigenvalue weighted by atomic mass is 35.5. The highest BCUT2D eigenvalue weighted by Crippen LogP contribution is 2.40. The first-order valence-corrected chi connectivity index (χ1v) is 12.4. The van der Waals surface area contributed by atoms with Gasteiger partial charge in [-0.1, -0.05) is 0 Å². The molecule has 4 heterocycles. The van der Waals surface area contributed by atoms with Crippen LogP contribution >= 0.6 is 12.4 Å². The number of rotatable bonds is 7. The van der Waals surface area contributed by atoms with E-state index in [4.69, 9.17) is 9.47 Å². The molecule has 2 aliphatic rings. The van der Waals surface area contributed by atoms with Gasteiger partial charge in [-0.25, -0.2) is 9.97 Å². The number of hydrogen-bond donors (Lipinski definition) is 1. The van der Waals surface area contributed by atoms with Gasteiger partial charge < -0.3 is 19.4 Å². The molecular weight excluding hydrogens is 507 g/mol. The molecule has 1 N–H and O–H groups in total. The third-order valence-corrected chi connectivity index (χ3v) is 6.94. The lowest BCUT2D eigenvalue weighted by molar-refractivity contribution is -0.138. The molecular formula is C26H29ClF3N5O2. The second-order valence-electron chi connectivity index (χ2n) is 9.39. The van der Waals surface area contributed by atoms with Crippen molar-refractivity contribution in [1.82, 2.24) is 19.9 Å². The van der Waals surface area contributed by atoms with E-state index >= 15 is 0 Å². The van der Waals surface area contributed by atoms with Crippen molar-refractivity contribution < 1.29 is 22.6 Å². The zero-order valence-corrected chi connectivity index (χ0v) is 21.1. The number of hydrogen-bond acceptors (Lipinski definition) is 6. The monoisotopic (exact) mass is 535 g/mol. The Labute approximate surface area is 219 Å². The third kappa shape index (κ3) is 6.17. The first-order chi connectivity index (χ1) is 17.4. The van der Waals surface area contributed by atoms with Crippen molar-refractivity contribution in [3.05, 3.63) is 41.9 Å². The fourth-order valence-corrected chi connectivity index (χ4v) is 5.02. The molecule has 1 unspecified atom stereocenters. The molecule has 2 saturated heterocycles. The number of fused-ring (bicyclic) bond motifs is 1. The van der Waals surface area contributed by atoms with Crippen LogP contribution in [0.4, 0.5) is 13.2 Å². The molecule has 0 radical (unpaired) electrons. The standard InChI is InChI=1S/C26H28F3N5O2.ClH/c27-26(28,29)21-14-18(3-4-22(21)36-13-8-17-5-9-31-10-6-17)24-20-7-11-34(16-19-2-1-12-35-19)25(20)33-23(15-30)32-24;/h3-4,7,11,14,17,19,31H,1-2,5-6,8-10,12-13,16H2;1H. The number of nitrogens with zero attached hydrogens (tertiary/aromatic N) is 4. The van der Waals surface area contributed by atoms with Gasteiger partial charge in [0.05, 0.1) is 30.5 Å². The van der Waals surface area contributed by atoms with Crippen molar-refractivity contribution >= 4 is 23.4 Å². The average molecular weight is 536 g/mol. The van der Waals surface area contributed by atoms with Crippen molar-refractivity contribution in [2.45, 2.75) is 50.9 Å². The molecule has 7 nitrogen and oxygen atoms in total. The van der Waals surface area contributed by atoms with Gasteiger partial charge in [-0.15, -0.1) is 12.4 Å². The Bertz CT molecular complexity index is 1260. The van der Waals surface area contributed by atoms with Gasteiger partial charge in [-0.05, 0) is 75.4 Å². The number of alkyl halides is 3. The SMILES string of the molecule is Cl.N#Cc1nc(-c2ccc(OCCC3CCNCC3)c(C(F)(F)F)c2)c2ccn(CC3CCCO3)c2n1. The van der Waals surface area contributed by atoms with Crippen LogP contribution in [-0.2, 0) is 17.5 Å². The summed E-state index contributed by atoms with van der Waals surface area (Å²) in [5, 5.41) is 13.4. The van der Waals surface area contributed by atoms with Gasteiger partial charge in [0.15, 0.2) is 0 Å². The largest absolute Gasteiger partial charge is 0.493 e. The van der Waals surface area contributed by atoms with Gasteiger partial charge in [0.2, 0.25) is 5.82 Å². The summed E-state index contributed by atoms with van der Waals surface area (Å²) in [6.07, 6.45) is 1.90. The zero-order chi connectivity index (χ0) is 25.1. The van der Waals surface area contributed by atoms with E-state index in [0.717, 1.165) is 51.3 Å². The van der Waals surface area contributed by atoms with E-state index < -0.39 is 11.7 Å². The molecule has 2 fully saturated rings. The maximum atomic E-state index is 14.0. The van der Waals surface area contributed by atoms with Crippen LogP contribution in [0.15, 0.2) is 30.5 Å². The highest BCUT2D eigenvalue weighted by molar-refractivity contribution is 5.91. The van der Waals surface area contributed by atoms with E-state index in [1.807, 2.05) is 16.8 Å². The number of halogens is 4. The van der Waals surface area contributed by atoms with E-state index in [-0.39, 0.29) is 47.9 Å². The Morgan fingerprint density at radius 2 is 1.97 bits per heavy atom. The van der Waals surface area contributed by atoms with Crippen molar-refractivity contribution in [3.63, 3.8) is 0 Å². The predicted octanol–water partition coefficient (Wildman–Crippen LogP) is 5.36. The Balaban J connectivity index is 0.00000320. The fourth-order valence-electron chi connectivity index (χ4n) is 5.02. The number of aromatic nitrogens is 3. The van der Waals surface area contributed by atoms with Crippen LogP contribution in [-0.4, -0.2) is 46.9 Å². The maximum absolute atomic E-state index is 14.0. The van der Waals surface area contributed by atoms with Gasteiger partial charge in [-0.2, -0.15) is 18.4 Å². The van der Waals surface area contributed by atoms with Crippen LogP contribution in [0.1, 0.15) is 43.5 Å². The molecule has 1 atom stereocenters. The second kappa shape index (κ2) is 11.7. The van der Waals surface area contributed by atoms with Gasteiger partial charge >= 0.3 is 6.18 Å². The van der Waals surface area contributed by atoms with Crippen LogP contribution in [0.2, 0.25) is 0 Å². The lowest BCUT2D eigenvalue weighted by Crippen LogP contribution is -2.28. The molecule has 5 rings (SSSR count). The molecule has 0 saturated carbocycles. The van der Waals surface area contributed by atoms with E-state index in [1.54, 1.807) is 12.1 Å². The first kappa shape index (κ1) is 27.2. The minimum absolute atomic E-state index is 0. The average Bonchev–Trinajstić information content (AvgIpc) is 3.54. The topological polar surface area (TPSA) is 85.0 Å². The minimum Gasteiger partial charge on any atom is -0.493 e. The number of ether oxygens (including phenoxy) is 2. The lowest BCUT2D eigenvalue weighted by atomic mass is 9.95. The Morgan fingerprint density at radius 3 is 2.68 bits per heavy atom. The summed E-state index contributed by atoms with van der Waals surface area (Å²) in [5.41, 5.74) is 0.193. The van der Waals surface area contributed by atoms with Crippen LogP contribution in [0.25, 0.3) is 22.3 Å². The molecule has 198 valence electrons. The van der Waals surface area contributed by atoms with Gasteiger partial charge in [-0.3, -0.25) is 0 Å². The van der Waals surface area contributed by atoms with E-state index in [2.05, 4.69) is 15.3 Å². The molecule has 3 aromatic rings. The smallest absolute Gasteiger partial charge is 0.419 e. The molecule has 0 spiro atoms. The second-order valence-corrected chi connectivity index (χ2v) is 9.39. The minimum atomic E-state index is -4.60. The molecule has 0 bridgehead atoms. The summed E-state index contributed by atoms with van der Waals surface area (Å²) in [4.78, 5) is 8.62. The molecule has 37 heavy (non-hydrogen) atoms. The van der Waals surface area contributed by atoms with Crippen molar-refractivity contribution in [2.24, 2.45) is 5.92 Å². The Morgan fingerprint density at radius 1 is 1.16 bits per heavy atom. The summed E-state index contributed by atoms with van der Waals surface area (Å²) < 4.78 is 55.3. The molecule has 1 aromatic carbocycles. The number of nitriles is 1. The Hall–Kier alpha value is -2.87. The third-order valence-electron chi connectivity index (χ3n) is 6.94. The summed E-state index contributed by atoms with van der Waals surface area (Å²) in [6.45, 7) is 3.36. The molecule has 11 heteroatoms. The highest BCUT2D eigenvalue weighted by Gasteiger charge is 2.35. The zero-order valence-electron chi connectivity index (χ0n) is 20.3. The van der Waals surface area contributed by atoms with Crippen LogP contribution in [0, 0.1) is 17.2 Å². The first-order valence-electron chi connectivity index (χ1n) is 12.4. The van der Waals surface area contributed by atoms with E-state index in [9.17, 15) is 18.4 Å². The summed E-state index contributed by atoms with van der Waals surface area (Å²) >= 11 is 0. The van der Waals surface area contributed by atoms with Gasteiger partial charge in [0.1, 0.15) is 17.5 Å². The van der Waals surface area contributed by atoms with Gasteiger partial charge in [0, 0.05) is 23.8 Å². The lowest BCUT2D eigenvalue weighted by Gasteiger charge is -2.23. The van der Waals surface area contributed by atoms with Crippen LogP contribution in [0.5, 0.6) is 5.75 Å². The normalized spacial score (nSPS) is 18.5. The van der Waals surface area contributed by atoms with Crippen molar-refractivity contribution in [1.29, 1.82) is 5.26 Å². The quantitative estimate of drug-likeness (QED) is 0.438. The molecule has 0 amide bonds. The fraction of sp³-hybridized carbons (Fsp3) is 0.500. The van der Waals surface area contributed by atoms with E-state index in [1.165, 1.54) is 6.07 Å². The number of benzene rings is 1. The van der Waals surface area contributed by atoms with E-state index in [0.29, 0.717) is 30.1 Å². The van der Waals surface area contributed by atoms with Crippen LogP contribution in [0.3, 0.4) is 0 Å². The maximum Gasteiger partial charge on any atom is 0.419 e.